The van der Waals surface area contributed by atoms with Gasteiger partial charge in [-0.3, -0.25) is 9.69 Å². The van der Waals surface area contributed by atoms with Gasteiger partial charge in [0, 0.05) is 32.4 Å². The molecule has 0 aromatic heterocycles. The summed E-state index contributed by atoms with van der Waals surface area (Å²) in [6.45, 7) is 2.48. The molecule has 0 aliphatic carbocycles. The number of nitrogens with zero attached hydrogens (tertiary/aromatic N) is 2. The van der Waals surface area contributed by atoms with Crippen LogP contribution in [0.15, 0.2) is 24.3 Å². The minimum absolute atomic E-state index is 0.113. The van der Waals surface area contributed by atoms with Crippen LogP contribution in [0.3, 0.4) is 0 Å². The first kappa shape index (κ1) is 11.0. The summed E-state index contributed by atoms with van der Waals surface area (Å²) >= 11 is 0. The highest BCUT2D eigenvalue weighted by Crippen LogP contribution is 2.23. The predicted octanol–water partition coefficient (Wildman–Crippen LogP) is 1.02. The van der Waals surface area contributed by atoms with Crippen molar-refractivity contribution in [2.45, 2.75) is 6.54 Å². The minimum Gasteiger partial charge on any atom is -0.480 e. The number of carboxylic acid groups (broad SMARTS) is 1. The van der Waals surface area contributed by atoms with E-state index in [9.17, 15) is 4.79 Å². The Balaban J connectivity index is 2.21. The van der Waals surface area contributed by atoms with Gasteiger partial charge in [0.15, 0.2) is 0 Å². The topological polar surface area (TPSA) is 43.8 Å². The number of hydrogen-bond acceptors (Lipinski definition) is 3. The Labute approximate surface area is 95.1 Å². The third-order valence-corrected chi connectivity index (χ3v) is 2.91. The molecule has 0 saturated heterocycles. The summed E-state index contributed by atoms with van der Waals surface area (Å²) in [7, 11) is 2.04. The van der Waals surface area contributed by atoms with Crippen LogP contribution in [0.25, 0.3) is 0 Å². The van der Waals surface area contributed by atoms with E-state index >= 15 is 0 Å². The molecule has 0 bridgehead atoms. The van der Waals surface area contributed by atoms with Crippen LogP contribution >= 0.6 is 0 Å². The van der Waals surface area contributed by atoms with Crippen LogP contribution in [0.4, 0.5) is 5.69 Å². The number of fused-ring (bicyclic) bond motifs is 1. The average Bonchev–Trinajstić information content (AvgIpc) is 2.39. The van der Waals surface area contributed by atoms with Crippen LogP contribution in [0.2, 0.25) is 0 Å². The highest BCUT2D eigenvalue weighted by Gasteiger charge is 2.18. The number of likely N-dealkylation sites (N-methyl/N-ethyl adjacent to an activating group) is 1. The van der Waals surface area contributed by atoms with Crippen LogP contribution in [-0.2, 0) is 11.3 Å². The van der Waals surface area contributed by atoms with Crippen molar-refractivity contribution in [3.63, 3.8) is 0 Å². The highest BCUT2D eigenvalue weighted by atomic mass is 16.4. The summed E-state index contributed by atoms with van der Waals surface area (Å²) in [5, 5.41) is 8.82. The second-order valence-corrected chi connectivity index (χ2v) is 4.15. The van der Waals surface area contributed by atoms with E-state index in [-0.39, 0.29) is 6.54 Å². The Morgan fingerprint density at radius 2 is 2.12 bits per heavy atom. The molecule has 1 aromatic rings. The molecule has 16 heavy (non-hydrogen) atoms. The summed E-state index contributed by atoms with van der Waals surface area (Å²) in [4.78, 5) is 14.9. The zero-order chi connectivity index (χ0) is 11.5. The molecule has 0 amide bonds. The Morgan fingerprint density at radius 1 is 1.38 bits per heavy atom. The van der Waals surface area contributed by atoms with Gasteiger partial charge in [0.1, 0.15) is 0 Å². The van der Waals surface area contributed by atoms with Crippen LogP contribution in [0.1, 0.15) is 5.56 Å². The lowest BCUT2D eigenvalue weighted by molar-refractivity contribution is -0.138. The molecule has 86 valence electrons. The molecular formula is C12H16N2O2. The van der Waals surface area contributed by atoms with Gasteiger partial charge in [-0.2, -0.15) is 0 Å². The molecule has 0 unspecified atom stereocenters. The molecule has 4 heteroatoms. The fraction of sp³-hybridized carbons (Fsp3) is 0.417. The fourth-order valence-electron chi connectivity index (χ4n) is 2.08. The summed E-state index contributed by atoms with van der Waals surface area (Å²) in [5.41, 5.74) is 2.40. The van der Waals surface area contributed by atoms with Crippen molar-refractivity contribution in [2.24, 2.45) is 0 Å². The lowest BCUT2D eigenvalue weighted by Gasteiger charge is -2.18. The van der Waals surface area contributed by atoms with Crippen molar-refractivity contribution in [2.75, 3.05) is 31.6 Å². The summed E-state index contributed by atoms with van der Waals surface area (Å²) < 4.78 is 0. The van der Waals surface area contributed by atoms with E-state index < -0.39 is 5.97 Å². The van der Waals surface area contributed by atoms with Gasteiger partial charge in [0.05, 0.1) is 6.54 Å². The summed E-state index contributed by atoms with van der Waals surface area (Å²) in [6, 6.07) is 8.16. The largest absolute Gasteiger partial charge is 0.480 e. The fourth-order valence-corrected chi connectivity index (χ4v) is 2.08. The Bertz CT molecular complexity index is 392. The SMILES string of the molecule is CN1CCN(CC(=O)O)Cc2ccccc21. The first-order valence-electron chi connectivity index (χ1n) is 5.40. The van der Waals surface area contributed by atoms with E-state index in [2.05, 4.69) is 17.0 Å². The first-order chi connectivity index (χ1) is 7.66. The Morgan fingerprint density at radius 3 is 2.88 bits per heavy atom. The van der Waals surface area contributed by atoms with Gasteiger partial charge in [0.2, 0.25) is 0 Å². The van der Waals surface area contributed by atoms with Crippen molar-refractivity contribution in [1.82, 2.24) is 4.90 Å². The van der Waals surface area contributed by atoms with E-state index in [1.165, 1.54) is 11.3 Å². The van der Waals surface area contributed by atoms with Crippen LogP contribution in [-0.4, -0.2) is 42.7 Å². The second kappa shape index (κ2) is 4.53. The summed E-state index contributed by atoms with van der Waals surface area (Å²) in [5.74, 6) is -0.762. The molecule has 0 fully saturated rings. The maximum atomic E-state index is 10.7. The number of benzene rings is 1. The van der Waals surface area contributed by atoms with E-state index in [1.54, 1.807) is 0 Å². The highest BCUT2D eigenvalue weighted by molar-refractivity contribution is 5.69. The number of hydrogen-bond donors (Lipinski definition) is 1. The first-order valence-corrected chi connectivity index (χ1v) is 5.40. The number of anilines is 1. The van der Waals surface area contributed by atoms with Gasteiger partial charge in [-0.05, 0) is 11.6 Å². The number of para-hydroxylation sites is 1. The normalized spacial score (nSPS) is 16.7. The van der Waals surface area contributed by atoms with Crippen molar-refractivity contribution < 1.29 is 9.90 Å². The maximum absolute atomic E-state index is 10.7. The molecule has 0 radical (unpaired) electrons. The Hall–Kier alpha value is -1.55. The maximum Gasteiger partial charge on any atom is 0.317 e. The van der Waals surface area contributed by atoms with Gasteiger partial charge in [0.25, 0.3) is 0 Å². The molecular weight excluding hydrogens is 204 g/mol. The lowest BCUT2D eigenvalue weighted by atomic mass is 10.1. The van der Waals surface area contributed by atoms with Crippen LogP contribution in [0.5, 0.6) is 0 Å². The number of rotatable bonds is 2. The monoisotopic (exact) mass is 220 g/mol. The van der Waals surface area contributed by atoms with Crippen molar-refractivity contribution >= 4 is 11.7 Å². The van der Waals surface area contributed by atoms with Gasteiger partial charge >= 0.3 is 5.97 Å². The molecule has 1 aromatic carbocycles. The number of carboxylic acids is 1. The third-order valence-electron chi connectivity index (χ3n) is 2.91. The van der Waals surface area contributed by atoms with E-state index in [1.807, 2.05) is 24.1 Å². The summed E-state index contributed by atoms with van der Waals surface area (Å²) in [6.07, 6.45) is 0. The minimum atomic E-state index is -0.762. The van der Waals surface area contributed by atoms with Gasteiger partial charge in [-0.1, -0.05) is 18.2 Å². The zero-order valence-electron chi connectivity index (χ0n) is 9.39. The van der Waals surface area contributed by atoms with Crippen molar-refractivity contribution in [3.8, 4) is 0 Å². The third kappa shape index (κ3) is 2.33. The van der Waals surface area contributed by atoms with E-state index in [0.717, 1.165) is 13.1 Å². The number of carbonyl (C=O) groups is 1. The molecule has 4 nitrogen and oxygen atoms in total. The van der Waals surface area contributed by atoms with E-state index in [4.69, 9.17) is 5.11 Å². The smallest absolute Gasteiger partial charge is 0.317 e. The molecule has 1 heterocycles. The zero-order valence-corrected chi connectivity index (χ0v) is 9.39. The van der Waals surface area contributed by atoms with Gasteiger partial charge < -0.3 is 10.0 Å². The molecule has 1 aliphatic rings. The van der Waals surface area contributed by atoms with Gasteiger partial charge in [-0.25, -0.2) is 0 Å². The lowest BCUT2D eigenvalue weighted by Crippen LogP contribution is -2.33. The van der Waals surface area contributed by atoms with E-state index in [0.29, 0.717) is 6.54 Å². The van der Waals surface area contributed by atoms with Crippen molar-refractivity contribution in [3.05, 3.63) is 29.8 Å². The molecule has 0 saturated carbocycles. The quantitative estimate of drug-likeness (QED) is 0.808. The molecule has 0 atom stereocenters. The molecule has 2 rings (SSSR count). The second-order valence-electron chi connectivity index (χ2n) is 4.15. The molecule has 1 N–H and O–H groups in total. The molecule has 0 spiro atoms. The average molecular weight is 220 g/mol. The van der Waals surface area contributed by atoms with Crippen LogP contribution < -0.4 is 4.90 Å². The molecule has 1 aliphatic heterocycles. The van der Waals surface area contributed by atoms with Crippen molar-refractivity contribution in [1.29, 1.82) is 0 Å². The van der Waals surface area contributed by atoms with Gasteiger partial charge in [-0.15, -0.1) is 0 Å². The van der Waals surface area contributed by atoms with Crippen LogP contribution in [0, 0.1) is 0 Å². The number of aliphatic carboxylic acids is 1. The Kier molecular flexibility index (Phi) is 3.10. The predicted molar refractivity (Wildman–Crippen MR) is 62.6 cm³/mol. The standard InChI is InChI=1S/C12H16N2O2/c1-13-6-7-14(9-12(15)16)8-10-4-2-3-5-11(10)13/h2-5H,6-9H2,1H3,(H,15,16).